The summed E-state index contributed by atoms with van der Waals surface area (Å²) in [6.07, 6.45) is 0. The topological polar surface area (TPSA) is 61.8 Å². The molecular formula is C16H18FN3O. The fraction of sp³-hybridized carbons (Fsp3) is 0.188. The summed E-state index contributed by atoms with van der Waals surface area (Å²) in [5, 5.41) is 11.5. The first-order valence-corrected chi connectivity index (χ1v) is 6.55. The Bertz CT molecular complexity index is 653. The van der Waals surface area contributed by atoms with Crippen molar-refractivity contribution in [2.45, 2.75) is 13.5 Å². The number of benzene rings is 2. The standard InChI is InChI=1S/C16H18FN3O/c1-11-3-5-12(6-4-11)10-20(2)15-8-7-13(9-14(15)17)16(18)19-21/h3-9,21H,10H2,1-2H3,(H2,18,19). The van der Waals surface area contributed by atoms with Crippen molar-refractivity contribution >= 4 is 11.5 Å². The van der Waals surface area contributed by atoms with Crippen molar-refractivity contribution in [1.82, 2.24) is 0 Å². The highest BCUT2D eigenvalue weighted by atomic mass is 19.1. The first-order valence-electron chi connectivity index (χ1n) is 6.55. The summed E-state index contributed by atoms with van der Waals surface area (Å²) in [4.78, 5) is 1.82. The molecule has 0 aliphatic carbocycles. The van der Waals surface area contributed by atoms with Crippen molar-refractivity contribution in [1.29, 1.82) is 0 Å². The zero-order valence-electron chi connectivity index (χ0n) is 12.0. The van der Waals surface area contributed by atoms with Crippen LogP contribution in [-0.4, -0.2) is 18.1 Å². The summed E-state index contributed by atoms with van der Waals surface area (Å²) in [5.41, 5.74) is 8.55. The highest BCUT2D eigenvalue weighted by Crippen LogP contribution is 2.21. The molecule has 0 fully saturated rings. The molecule has 0 saturated heterocycles. The van der Waals surface area contributed by atoms with Crippen LogP contribution in [0.1, 0.15) is 16.7 Å². The van der Waals surface area contributed by atoms with Gasteiger partial charge in [-0.2, -0.15) is 0 Å². The van der Waals surface area contributed by atoms with Crippen molar-refractivity contribution < 1.29 is 9.60 Å². The minimum Gasteiger partial charge on any atom is -0.409 e. The number of rotatable bonds is 4. The van der Waals surface area contributed by atoms with Crippen molar-refractivity contribution in [2.75, 3.05) is 11.9 Å². The number of nitrogens with zero attached hydrogens (tertiary/aromatic N) is 2. The van der Waals surface area contributed by atoms with Gasteiger partial charge in [-0.15, -0.1) is 0 Å². The second-order valence-corrected chi connectivity index (χ2v) is 4.99. The number of anilines is 1. The molecule has 2 aromatic carbocycles. The lowest BCUT2D eigenvalue weighted by atomic mass is 10.1. The Morgan fingerprint density at radius 3 is 2.48 bits per heavy atom. The third-order valence-electron chi connectivity index (χ3n) is 3.30. The van der Waals surface area contributed by atoms with Crippen LogP contribution in [0.3, 0.4) is 0 Å². The molecule has 0 aliphatic heterocycles. The van der Waals surface area contributed by atoms with Gasteiger partial charge in [-0.1, -0.05) is 35.0 Å². The highest BCUT2D eigenvalue weighted by Gasteiger charge is 2.10. The Morgan fingerprint density at radius 2 is 1.90 bits per heavy atom. The SMILES string of the molecule is Cc1ccc(CN(C)c2ccc(/C(N)=N/O)cc2F)cc1. The van der Waals surface area contributed by atoms with E-state index in [4.69, 9.17) is 10.9 Å². The van der Waals surface area contributed by atoms with E-state index in [2.05, 4.69) is 5.16 Å². The van der Waals surface area contributed by atoms with E-state index in [0.717, 1.165) is 5.56 Å². The van der Waals surface area contributed by atoms with Gasteiger partial charge >= 0.3 is 0 Å². The molecule has 2 aromatic rings. The van der Waals surface area contributed by atoms with Gasteiger partial charge in [-0.05, 0) is 30.7 Å². The Kier molecular flexibility index (Phi) is 4.42. The Balaban J connectivity index is 2.19. The first kappa shape index (κ1) is 14.8. The Hall–Kier alpha value is -2.56. The number of halogens is 1. The van der Waals surface area contributed by atoms with E-state index in [1.807, 2.05) is 43.1 Å². The van der Waals surface area contributed by atoms with Gasteiger partial charge in [0.1, 0.15) is 5.82 Å². The maximum absolute atomic E-state index is 14.1. The fourth-order valence-electron chi connectivity index (χ4n) is 2.09. The Morgan fingerprint density at radius 1 is 1.24 bits per heavy atom. The molecule has 0 saturated carbocycles. The quantitative estimate of drug-likeness (QED) is 0.393. The van der Waals surface area contributed by atoms with Crippen LogP contribution in [-0.2, 0) is 6.54 Å². The molecule has 0 radical (unpaired) electrons. The zero-order valence-corrected chi connectivity index (χ0v) is 12.0. The molecule has 0 unspecified atom stereocenters. The van der Waals surface area contributed by atoms with Gasteiger partial charge in [-0.25, -0.2) is 4.39 Å². The largest absolute Gasteiger partial charge is 0.409 e. The van der Waals surface area contributed by atoms with Crippen molar-refractivity contribution in [2.24, 2.45) is 10.9 Å². The van der Waals surface area contributed by atoms with Crippen LogP contribution in [0.5, 0.6) is 0 Å². The van der Waals surface area contributed by atoms with E-state index in [1.165, 1.54) is 11.6 Å². The number of amidine groups is 1. The molecule has 0 aromatic heterocycles. The van der Waals surface area contributed by atoms with Gasteiger partial charge < -0.3 is 15.8 Å². The molecule has 0 heterocycles. The number of nitrogens with two attached hydrogens (primary N) is 1. The monoisotopic (exact) mass is 287 g/mol. The lowest BCUT2D eigenvalue weighted by molar-refractivity contribution is 0.318. The highest BCUT2D eigenvalue weighted by molar-refractivity contribution is 5.97. The first-order chi connectivity index (χ1) is 10.0. The van der Waals surface area contributed by atoms with Crippen molar-refractivity contribution in [3.8, 4) is 0 Å². The third-order valence-corrected chi connectivity index (χ3v) is 3.30. The Labute approximate surface area is 123 Å². The van der Waals surface area contributed by atoms with Crippen molar-refractivity contribution in [3.05, 3.63) is 65.0 Å². The summed E-state index contributed by atoms with van der Waals surface area (Å²) in [6.45, 7) is 2.62. The van der Waals surface area contributed by atoms with Gasteiger partial charge in [-0.3, -0.25) is 0 Å². The van der Waals surface area contributed by atoms with Crippen LogP contribution in [0.15, 0.2) is 47.6 Å². The van der Waals surface area contributed by atoms with E-state index < -0.39 is 5.82 Å². The van der Waals surface area contributed by atoms with Gasteiger partial charge in [0.05, 0.1) is 5.69 Å². The van der Waals surface area contributed by atoms with E-state index in [0.29, 0.717) is 17.8 Å². The molecule has 0 bridgehead atoms. The lowest BCUT2D eigenvalue weighted by Gasteiger charge is -2.20. The summed E-state index contributed by atoms with van der Waals surface area (Å²) in [5.74, 6) is -0.518. The summed E-state index contributed by atoms with van der Waals surface area (Å²) < 4.78 is 14.1. The van der Waals surface area contributed by atoms with Crippen LogP contribution in [0.4, 0.5) is 10.1 Å². The molecule has 0 atom stereocenters. The smallest absolute Gasteiger partial charge is 0.170 e. The molecule has 3 N–H and O–H groups in total. The average Bonchev–Trinajstić information content (AvgIpc) is 2.48. The molecule has 0 aliphatic rings. The predicted octanol–water partition coefficient (Wildman–Crippen LogP) is 2.87. The van der Waals surface area contributed by atoms with Gasteiger partial charge in [0.15, 0.2) is 5.84 Å². The van der Waals surface area contributed by atoms with E-state index in [9.17, 15) is 4.39 Å². The molecule has 5 heteroatoms. The minimum absolute atomic E-state index is 0.110. The van der Waals surface area contributed by atoms with E-state index in [1.54, 1.807) is 12.1 Å². The van der Waals surface area contributed by atoms with Gasteiger partial charge in [0.25, 0.3) is 0 Å². The average molecular weight is 287 g/mol. The molecule has 21 heavy (non-hydrogen) atoms. The third kappa shape index (κ3) is 3.51. The summed E-state index contributed by atoms with van der Waals surface area (Å²) in [7, 11) is 1.82. The van der Waals surface area contributed by atoms with Gasteiger partial charge in [0, 0.05) is 19.2 Å². The number of hydrogen-bond donors (Lipinski definition) is 2. The maximum atomic E-state index is 14.1. The minimum atomic E-state index is -0.409. The summed E-state index contributed by atoms with van der Waals surface area (Å²) in [6, 6.07) is 12.6. The maximum Gasteiger partial charge on any atom is 0.170 e. The van der Waals surface area contributed by atoms with Crippen LogP contribution in [0.25, 0.3) is 0 Å². The van der Waals surface area contributed by atoms with Crippen LogP contribution >= 0.6 is 0 Å². The van der Waals surface area contributed by atoms with E-state index in [-0.39, 0.29) is 5.84 Å². The predicted molar refractivity (Wildman–Crippen MR) is 82.2 cm³/mol. The normalized spacial score (nSPS) is 11.5. The molecular weight excluding hydrogens is 269 g/mol. The van der Waals surface area contributed by atoms with Crippen LogP contribution in [0.2, 0.25) is 0 Å². The summed E-state index contributed by atoms with van der Waals surface area (Å²) >= 11 is 0. The van der Waals surface area contributed by atoms with E-state index >= 15 is 0 Å². The lowest BCUT2D eigenvalue weighted by Crippen LogP contribution is -2.19. The number of hydrogen-bond acceptors (Lipinski definition) is 3. The molecule has 110 valence electrons. The van der Waals surface area contributed by atoms with Crippen LogP contribution < -0.4 is 10.6 Å². The molecule has 0 spiro atoms. The second kappa shape index (κ2) is 6.26. The molecule has 2 rings (SSSR count). The molecule has 4 nitrogen and oxygen atoms in total. The second-order valence-electron chi connectivity index (χ2n) is 4.99. The van der Waals surface area contributed by atoms with Gasteiger partial charge in [0.2, 0.25) is 0 Å². The number of oxime groups is 1. The van der Waals surface area contributed by atoms with Crippen molar-refractivity contribution in [3.63, 3.8) is 0 Å². The number of aryl methyl sites for hydroxylation is 1. The molecule has 0 amide bonds. The van der Waals surface area contributed by atoms with Crippen LogP contribution in [0, 0.1) is 12.7 Å². The fourth-order valence-corrected chi connectivity index (χ4v) is 2.09. The zero-order chi connectivity index (χ0) is 15.4.